The molecular weight excluding hydrogens is 279 g/mol. The Balaban J connectivity index is 2.05. The molecule has 1 aromatic carbocycles. The zero-order chi connectivity index (χ0) is 15.7. The van der Waals surface area contributed by atoms with Crippen LogP contribution in [0.1, 0.15) is 31.9 Å². The van der Waals surface area contributed by atoms with Gasteiger partial charge in [0, 0.05) is 24.0 Å². The molecular formula is C15H18F3N3. The lowest BCUT2D eigenvalue weighted by molar-refractivity contribution is -0.137. The zero-order valence-electron chi connectivity index (χ0n) is 12.2. The minimum Gasteiger partial charge on any atom is -0.381 e. The fourth-order valence-corrected chi connectivity index (χ4v) is 1.83. The van der Waals surface area contributed by atoms with Crippen molar-refractivity contribution in [2.45, 2.75) is 39.0 Å². The molecule has 1 heterocycles. The normalized spacial score (nSPS) is 12.5. The highest BCUT2D eigenvalue weighted by Gasteiger charge is 2.30. The number of hydrogen-bond donors (Lipinski definition) is 1. The first-order chi connectivity index (χ1) is 9.66. The minimum absolute atomic E-state index is 0.117. The Labute approximate surface area is 121 Å². The van der Waals surface area contributed by atoms with Crippen molar-refractivity contribution in [2.75, 3.05) is 5.32 Å². The van der Waals surface area contributed by atoms with E-state index >= 15 is 0 Å². The Morgan fingerprint density at radius 1 is 1.19 bits per heavy atom. The molecule has 0 fully saturated rings. The first kappa shape index (κ1) is 15.4. The van der Waals surface area contributed by atoms with E-state index in [9.17, 15) is 13.2 Å². The zero-order valence-corrected chi connectivity index (χ0v) is 12.2. The number of rotatable bonds is 3. The maximum absolute atomic E-state index is 12.6. The average Bonchev–Trinajstić information content (AvgIpc) is 2.84. The summed E-state index contributed by atoms with van der Waals surface area (Å²) in [4.78, 5) is 0. The van der Waals surface area contributed by atoms with Gasteiger partial charge in [-0.2, -0.15) is 18.3 Å². The van der Waals surface area contributed by atoms with Gasteiger partial charge in [0.1, 0.15) is 0 Å². The van der Waals surface area contributed by atoms with Gasteiger partial charge in [0.15, 0.2) is 0 Å². The Bertz CT molecular complexity index is 609. The molecule has 0 bridgehead atoms. The van der Waals surface area contributed by atoms with Gasteiger partial charge < -0.3 is 5.32 Å². The first-order valence-corrected chi connectivity index (χ1v) is 6.61. The van der Waals surface area contributed by atoms with Gasteiger partial charge in [0.25, 0.3) is 0 Å². The number of aromatic nitrogens is 2. The lowest BCUT2D eigenvalue weighted by Crippen LogP contribution is -2.21. The Morgan fingerprint density at radius 2 is 1.90 bits per heavy atom. The van der Waals surface area contributed by atoms with Crippen LogP contribution in [0.4, 0.5) is 18.9 Å². The third-order valence-electron chi connectivity index (χ3n) is 3.01. The predicted octanol–water partition coefficient (Wildman–Crippen LogP) is 4.27. The molecule has 0 radical (unpaired) electrons. The van der Waals surface area contributed by atoms with Gasteiger partial charge in [-0.15, -0.1) is 0 Å². The fourth-order valence-electron chi connectivity index (χ4n) is 1.83. The second kappa shape index (κ2) is 5.42. The highest BCUT2D eigenvalue weighted by molar-refractivity contribution is 5.46. The summed E-state index contributed by atoms with van der Waals surface area (Å²) < 4.78 is 39.7. The van der Waals surface area contributed by atoms with Gasteiger partial charge in [-0.25, -0.2) is 0 Å². The van der Waals surface area contributed by atoms with Crippen molar-refractivity contribution >= 4 is 5.69 Å². The highest BCUT2D eigenvalue weighted by Crippen LogP contribution is 2.30. The number of alkyl halides is 3. The Morgan fingerprint density at radius 3 is 2.48 bits per heavy atom. The molecule has 0 saturated heterocycles. The van der Waals surface area contributed by atoms with Crippen LogP contribution < -0.4 is 5.32 Å². The first-order valence-electron chi connectivity index (χ1n) is 6.61. The summed E-state index contributed by atoms with van der Waals surface area (Å²) >= 11 is 0. The molecule has 114 valence electrons. The molecule has 6 heteroatoms. The van der Waals surface area contributed by atoms with E-state index in [-0.39, 0.29) is 5.54 Å². The molecule has 3 nitrogen and oxygen atoms in total. The minimum atomic E-state index is -4.32. The summed E-state index contributed by atoms with van der Waals surface area (Å²) in [7, 11) is 0. The van der Waals surface area contributed by atoms with Crippen LogP contribution in [0.2, 0.25) is 0 Å². The SMILES string of the molecule is CC(C)(C)n1cc(CNc2cccc(C(F)(F)F)c2)cn1. The number of halogens is 3. The molecule has 0 spiro atoms. The van der Waals surface area contributed by atoms with Gasteiger partial charge in [-0.05, 0) is 39.0 Å². The van der Waals surface area contributed by atoms with Crippen molar-refractivity contribution in [3.63, 3.8) is 0 Å². The van der Waals surface area contributed by atoms with E-state index in [1.165, 1.54) is 6.07 Å². The van der Waals surface area contributed by atoms with Crippen LogP contribution in [0.3, 0.4) is 0 Å². The third-order valence-corrected chi connectivity index (χ3v) is 3.01. The van der Waals surface area contributed by atoms with Gasteiger partial charge in [0.2, 0.25) is 0 Å². The van der Waals surface area contributed by atoms with Crippen LogP contribution in [0, 0.1) is 0 Å². The van der Waals surface area contributed by atoms with Crippen LogP contribution >= 0.6 is 0 Å². The predicted molar refractivity (Wildman–Crippen MR) is 76.0 cm³/mol. The highest BCUT2D eigenvalue weighted by atomic mass is 19.4. The molecule has 1 N–H and O–H groups in total. The van der Waals surface area contributed by atoms with Crippen LogP contribution in [0.25, 0.3) is 0 Å². The van der Waals surface area contributed by atoms with E-state index in [4.69, 9.17) is 0 Å². The molecule has 0 aliphatic carbocycles. The largest absolute Gasteiger partial charge is 0.416 e. The van der Waals surface area contributed by atoms with E-state index in [0.29, 0.717) is 12.2 Å². The molecule has 2 aromatic rings. The third kappa shape index (κ3) is 4.00. The second-order valence-electron chi connectivity index (χ2n) is 5.90. The topological polar surface area (TPSA) is 29.9 Å². The van der Waals surface area contributed by atoms with Gasteiger partial charge >= 0.3 is 6.18 Å². The molecule has 0 atom stereocenters. The van der Waals surface area contributed by atoms with Crippen molar-refractivity contribution in [2.24, 2.45) is 0 Å². The van der Waals surface area contributed by atoms with Crippen molar-refractivity contribution in [1.82, 2.24) is 9.78 Å². The smallest absolute Gasteiger partial charge is 0.381 e. The van der Waals surface area contributed by atoms with Crippen LogP contribution in [0.15, 0.2) is 36.7 Å². The number of nitrogens with zero attached hydrogens (tertiary/aromatic N) is 2. The monoisotopic (exact) mass is 297 g/mol. The summed E-state index contributed by atoms with van der Waals surface area (Å²) in [6, 6.07) is 5.17. The molecule has 0 aliphatic rings. The molecule has 2 rings (SSSR count). The maximum atomic E-state index is 12.6. The van der Waals surface area contributed by atoms with Crippen molar-refractivity contribution in [3.05, 3.63) is 47.8 Å². The summed E-state index contributed by atoms with van der Waals surface area (Å²) in [5.74, 6) is 0. The Hall–Kier alpha value is -1.98. The standard InChI is InChI=1S/C15H18F3N3/c1-14(2,3)21-10-11(9-20-21)8-19-13-6-4-5-12(7-13)15(16,17)18/h4-7,9-10,19H,8H2,1-3H3. The molecule has 0 saturated carbocycles. The van der Waals surface area contributed by atoms with E-state index in [0.717, 1.165) is 17.7 Å². The van der Waals surface area contributed by atoms with E-state index in [1.807, 2.05) is 31.6 Å². The lowest BCUT2D eigenvalue weighted by atomic mass is 10.1. The van der Waals surface area contributed by atoms with E-state index in [1.54, 1.807) is 12.3 Å². The second-order valence-corrected chi connectivity index (χ2v) is 5.90. The van der Waals surface area contributed by atoms with E-state index in [2.05, 4.69) is 10.4 Å². The van der Waals surface area contributed by atoms with Crippen molar-refractivity contribution < 1.29 is 13.2 Å². The van der Waals surface area contributed by atoms with Crippen LogP contribution in [0.5, 0.6) is 0 Å². The number of anilines is 1. The Kier molecular flexibility index (Phi) is 3.98. The average molecular weight is 297 g/mol. The van der Waals surface area contributed by atoms with E-state index < -0.39 is 11.7 Å². The lowest BCUT2D eigenvalue weighted by Gasteiger charge is -2.18. The number of benzene rings is 1. The van der Waals surface area contributed by atoms with Gasteiger partial charge in [0.05, 0.1) is 17.3 Å². The summed E-state index contributed by atoms with van der Waals surface area (Å²) in [5.41, 5.74) is 0.586. The molecule has 0 aliphatic heterocycles. The number of hydrogen-bond acceptors (Lipinski definition) is 2. The van der Waals surface area contributed by atoms with Gasteiger partial charge in [-0.1, -0.05) is 6.07 Å². The molecule has 0 unspecified atom stereocenters. The summed E-state index contributed by atoms with van der Waals surface area (Å²) in [5, 5.41) is 7.24. The fraction of sp³-hybridized carbons (Fsp3) is 0.400. The quantitative estimate of drug-likeness (QED) is 0.917. The summed E-state index contributed by atoms with van der Waals surface area (Å²) in [6.07, 6.45) is -0.721. The number of nitrogens with one attached hydrogen (secondary N) is 1. The van der Waals surface area contributed by atoms with Gasteiger partial charge in [-0.3, -0.25) is 4.68 Å². The molecule has 0 amide bonds. The van der Waals surface area contributed by atoms with Crippen LogP contribution in [-0.2, 0) is 18.3 Å². The van der Waals surface area contributed by atoms with Crippen molar-refractivity contribution in [1.29, 1.82) is 0 Å². The summed E-state index contributed by atoms with van der Waals surface area (Å²) in [6.45, 7) is 6.52. The molecule has 21 heavy (non-hydrogen) atoms. The maximum Gasteiger partial charge on any atom is 0.416 e. The van der Waals surface area contributed by atoms with Crippen molar-refractivity contribution in [3.8, 4) is 0 Å². The molecule has 1 aromatic heterocycles. The van der Waals surface area contributed by atoms with Crippen LogP contribution in [-0.4, -0.2) is 9.78 Å².